The van der Waals surface area contributed by atoms with Gasteiger partial charge in [0.15, 0.2) is 0 Å². The quantitative estimate of drug-likeness (QED) is 0.718. The maximum Gasteiger partial charge on any atom is 0.321 e. The Bertz CT molecular complexity index is 575. The average Bonchev–Trinajstić information content (AvgIpc) is 2.45. The summed E-state index contributed by atoms with van der Waals surface area (Å²) in [6.07, 6.45) is -2.50. The molecule has 0 aliphatic heterocycles. The predicted octanol–water partition coefficient (Wildman–Crippen LogP) is 3.88. The van der Waals surface area contributed by atoms with Gasteiger partial charge in [-0.05, 0) is 12.1 Å². The summed E-state index contributed by atoms with van der Waals surface area (Å²) in [6.45, 7) is 1.50. The molecule has 1 rings (SSSR count). The van der Waals surface area contributed by atoms with Crippen molar-refractivity contribution in [2.75, 3.05) is 24.7 Å². The van der Waals surface area contributed by atoms with E-state index in [2.05, 4.69) is 5.32 Å². The standard InChI is InChI=1S/C14H17ClF2N2O3S/c1-8(13(20)21)6-19(2)14(22)18-10-5-3-4-9(15)12(10)23-7-11(16)17/h3-5,8,11H,6-7H2,1-2H3,(H,18,22)(H,20,21). The van der Waals surface area contributed by atoms with Gasteiger partial charge in [0.2, 0.25) is 6.43 Å². The number of alkyl halides is 2. The highest BCUT2D eigenvalue weighted by Crippen LogP contribution is 2.35. The number of aliphatic carboxylic acids is 1. The Morgan fingerprint density at radius 1 is 1.43 bits per heavy atom. The lowest BCUT2D eigenvalue weighted by Gasteiger charge is -2.21. The number of halogens is 3. The van der Waals surface area contributed by atoms with Crippen molar-refractivity contribution in [1.82, 2.24) is 4.90 Å². The molecule has 0 bridgehead atoms. The van der Waals surface area contributed by atoms with Crippen molar-refractivity contribution in [3.8, 4) is 0 Å². The summed E-state index contributed by atoms with van der Waals surface area (Å²) in [5, 5.41) is 11.7. The maximum absolute atomic E-state index is 12.4. The molecule has 1 unspecified atom stereocenters. The molecule has 0 saturated heterocycles. The molecular weight excluding hydrogens is 350 g/mol. The van der Waals surface area contributed by atoms with Crippen molar-refractivity contribution in [3.63, 3.8) is 0 Å². The van der Waals surface area contributed by atoms with Crippen LogP contribution in [-0.4, -0.2) is 47.8 Å². The van der Waals surface area contributed by atoms with Gasteiger partial charge < -0.3 is 15.3 Å². The fourth-order valence-corrected chi connectivity index (χ4v) is 2.79. The Morgan fingerprint density at radius 2 is 2.09 bits per heavy atom. The Balaban J connectivity index is 2.81. The van der Waals surface area contributed by atoms with Gasteiger partial charge >= 0.3 is 12.0 Å². The third-order valence-electron chi connectivity index (χ3n) is 2.88. The molecule has 0 radical (unpaired) electrons. The molecule has 2 amide bonds. The van der Waals surface area contributed by atoms with E-state index >= 15 is 0 Å². The molecule has 5 nitrogen and oxygen atoms in total. The molecule has 0 aliphatic rings. The monoisotopic (exact) mass is 366 g/mol. The van der Waals surface area contributed by atoms with Crippen LogP contribution >= 0.6 is 23.4 Å². The van der Waals surface area contributed by atoms with E-state index in [9.17, 15) is 18.4 Å². The Hall–Kier alpha value is -1.54. The third-order valence-corrected chi connectivity index (χ3v) is 4.45. The number of carboxylic acid groups (broad SMARTS) is 1. The smallest absolute Gasteiger partial charge is 0.321 e. The topological polar surface area (TPSA) is 69.6 Å². The van der Waals surface area contributed by atoms with E-state index < -0.39 is 30.1 Å². The van der Waals surface area contributed by atoms with Gasteiger partial charge in [0.05, 0.1) is 22.4 Å². The highest BCUT2D eigenvalue weighted by Gasteiger charge is 2.19. The highest BCUT2D eigenvalue weighted by molar-refractivity contribution is 7.99. The minimum absolute atomic E-state index is 0.0151. The Morgan fingerprint density at radius 3 is 2.65 bits per heavy atom. The van der Waals surface area contributed by atoms with Crippen LogP contribution in [0.2, 0.25) is 5.02 Å². The lowest BCUT2D eigenvalue weighted by molar-refractivity contribution is -0.141. The normalized spacial score (nSPS) is 12.1. The van der Waals surface area contributed by atoms with Crippen LogP contribution in [0.25, 0.3) is 0 Å². The van der Waals surface area contributed by atoms with Gasteiger partial charge in [0, 0.05) is 18.5 Å². The second kappa shape index (κ2) is 8.93. The summed E-state index contributed by atoms with van der Waals surface area (Å²) >= 11 is 6.84. The average molecular weight is 367 g/mol. The largest absolute Gasteiger partial charge is 0.481 e. The van der Waals surface area contributed by atoms with Crippen molar-refractivity contribution in [1.29, 1.82) is 0 Å². The Kier molecular flexibility index (Phi) is 7.57. The van der Waals surface area contributed by atoms with Crippen molar-refractivity contribution in [2.45, 2.75) is 18.2 Å². The van der Waals surface area contributed by atoms with Crippen molar-refractivity contribution >= 4 is 41.1 Å². The zero-order valence-corrected chi connectivity index (χ0v) is 14.1. The fourth-order valence-electron chi connectivity index (χ4n) is 1.68. The van der Waals surface area contributed by atoms with E-state index in [0.29, 0.717) is 10.6 Å². The second-order valence-corrected chi connectivity index (χ2v) is 6.31. The molecule has 128 valence electrons. The first-order valence-corrected chi connectivity index (χ1v) is 8.03. The maximum atomic E-state index is 12.4. The van der Waals surface area contributed by atoms with Crippen LogP contribution in [0.4, 0.5) is 19.3 Å². The molecule has 0 aromatic heterocycles. The van der Waals surface area contributed by atoms with E-state index in [-0.39, 0.29) is 11.6 Å². The fraction of sp³-hybridized carbons (Fsp3) is 0.429. The zero-order valence-electron chi connectivity index (χ0n) is 12.6. The minimum Gasteiger partial charge on any atom is -0.481 e. The van der Waals surface area contributed by atoms with Crippen molar-refractivity contribution < 1.29 is 23.5 Å². The summed E-state index contributed by atoms with van der Waals surface area (Å²) in [5.41, 5.74) is 0.308. The number of benzene rings is 1. The van der Waals surface area contributed by atoms with E-state index in [0.717, 1.165) is 11.8 Å². The number of carboxylic acids is 1. The number of urea groups is 1. The summed E-state index contributed by atoms with van der Waals surface area (Å²) in [5.74, 6) is -2.18. The first kappa shape index (κ1) is 19.5. The molecular formula is C14H17ClF2N2O3S. The van der Waals surface area contributed by atoms with Gasteiger partial charge in [-0.2, -0.15) is 0 Å². The van der Waals surface area contributed by atoms with Crippen molar-refractivity contribution in [3.05, 3.63) is 23.2 Å². The third kappa shape index (κ3) is 6.23. The highest BCUT2D eigenvalue weighted by atomic mass is 35.5. The summed E-state index contributed by atoms with van der Waals surface area (Å²) < 4.78 is 24.8. The van der Waals surface area contributed by atoms with Crippen LogP contribution in [0, 0.1) is 5.92 Å². The van der Waals surface area contributed by atoms with Gasteiger partial charge in [-0.25, -0.2) is 13.6 Å². The summed E-state index contributed by atoms with van der Waals surface area (Å²) in [7, 11) is 1.45. The number of nitrogens with one attached hydrogen (secondary N) is 1. The number of hydrogen-bond donors (Lipinski definition) is 2. The first-order chi connectivity index (χ1) is 10.7. The van der Waals surface area contributed by atoms with Crippen LogP contribution in [0.3, 0.4) is 0 Å². The number of nitrogens with zero attached hydrogens (tertiary/aromatic N) is 1. The number of anilines is 1. The van der Waals surface area contributed by atoms with Gasteiger partial charge in [0.25, 0.3) is 0 Å². The molecule has 9 heteroatoms. The van der Waals surface area contributed by atoms with Crippen LogP contribution in [0.1, 0.15) is 6.92 Å². The molecule has 1 aromatic carbocycles. The first-order valence-electron chi connectivity index (χ1n) is 6.66. The van der Waals surface area contributed by atoms with Crippen LogP contribution in [-0.2, 0) is 4.79 Å². The molecule has 0 aliphatic carbocycles. The molecule has 0 saturated carbocycles. The van der Waals surface area contributed by atoms with E-state index in [1.807, 2.05) is 0 Å². The number of amides is 2. The van der Waals surface area contributed by atoms with Crippen LogP contribution in [0.15, 0.2) is 23.1 Å². The lowest BCUT2D eigenvalue weighted by Crippen LogP contribution is -2.36. The van der Waals surface area contributed by atoms with E-state index in [1.165, 1.54) is 18.9 Å². The number of thioether (sulfide) groups is 1. The molecule has 0 heterocycles. The minimum atomic E-state index is -2.50. The molecule has 1 aromatic rings. The number of carbonyl (C=O) groups excluding carboxylic acids is 1. The summed E-state index contributed by atoms with van der Waals surface area (Å²) in [6, 6.07) is 4.14. The number of hydrogen-bond acceptors (Lipinski definition) is 3. The molecule has 1 atom stereocenters. The number of rotatable bonds is 7. The van der Waals surface area contributed by atoms with Gasteiger partial charge in [-0.15, -0.1) is 11.8 Å². The zero-order chi connectivity index (χ0) is 17.6. The van der Waals surface area contributed by atoms with E-state index in [4.69, 9.17) is 16.7 Å². The van der Waals surface area contributed by atoms with Crippen molar-refractivity contribution in [2.24, 2.45) is 5.92 Å². The Labute approximate surface area is 142 Å². The molecule has 2 N–H and O–H groups in total. The van der Waals surface area contributed by atoms with Gasteiger partial charge in [-0.3, -0.25) is 4.79 Å². The lowest BCUT2D eigenvalue weighted by atomic mass is 10.2. The van der Waals surface area contributed by atoms with Crippen LogP contribution in [0.5, 0.6) is 0 Å². The molecule has 0 fully saturated rings. The molecule has 0 spiro atoms. The molecule has 23 heavy (non-hydrogen) atoms. The number of carbonyl (C=O) groups is 2. The van der Waals surface area contributed by atoms with Gasteiger partial charge in [-0.1, -0.05) is 24.6 Å². The van der Waals surface area contributed by atoms with E-state index in [1.54, 1.807) is 18.2 Å². The second-order valence-electron chi connectivity index (χ2n) is 4.87. The van der Waals surface area contributed by atoms with Crippen LogP contribution < -0.4 is 5.32 Å². The summed E-state index contributed by atoms with van der Waals surface area (Å²) in [4.78, 5) is 24.5. The SMILES string of the molecule is CC(CN(C)C(=O)Nc1cccc(Cl)c1SCC(F)F)C(=O)O. The predicted molar refractivity (Wildman–Crippen MR) is 86.6 cm³/mol. The van der Waals surface area contributed by atoms with Gasteiger partial charge in [0.1, 0.15) is 0 Å².